The highest BCUT2D eigenvalue weighted by Gasteiger charge is 2.23. The average Bonchev–Trinajstić information content (AvgIpc) is 2.36. The lowest BCUT2D eigenvalue weighted by Crippen LogP contribution is -2.41. The summed E-state index contributed by atoms with van der Waals surface area (Å²) in [7, 11) is 1.70. The molecule has 18 heavy (non-hydrogen) atoms. The molecule has 0 aromatic heterocycles. The summed E-state index contributed by atoms with van der Waals surface area (Å²) < 4.78 is 5.07. The van der Waals surface area contributed by atoms with Gasteiger partial charge in [0, 0.05) is 26.8 Å². The SMILES string of the molecule is COCC[C@@H]1CCCN(C(=O)CSCC(N)=O)C1. The third-order valence-electron chi connectivity index (χ3n) is 3.07. The molecule has 1 heterocycles. The summed E-state index contributed by atoms with van der Waals surface area (Å²) in [5.41, 5.74) is 5.04. The van der Waals surface area contributed by atoms with Crippen LogP contribution in [0.4, 0.5) is 0 Å². The first-order chi connectivity index (χ1) is 8.63. The Balaban J connectivity index is 2.27. The van der Waals surface area contributed by atoms with Crippen molar-refractivity contribution in [3.8, 4) is 0 Å². The van der Waals surface area contributed by atoms with Crippen molar-refractivity contribution in [3.63, 3.8) is 0 Å². The summed E-state index contributed by atoms with van der Waals surface area (Å²) in [5, 5.41) is 0. The molecule has 0 bridgehead atoms. The van der Waals surface area contributed by atoms with Gasteiger partial charge in [-0.2, -0.15) is 0 Å². The van der Waals surface area contributed by atoms with Crippen molar-refractivity contribution in [2.75, 3.05) is 38.3 Å². The molecule has 0 aromatic rings. The lowest BCUT2D eigenvalue weighted by atomic mass is 9.95. The molecular weight excluding hydrogens is 252 g/mol. The molecule has 0 aliphatic carbocycles. The first-order valence-corrected chi connectivity index (χ1v) is 7.41. The topological polar surface area (TPSA) is 72.6 Å². The molecule has 2 N–H and O–H groups in total. The zero-order valence-corrected chi connectivity index (χ0v) is 11.7. The molecule has 0 spiro atoms. The van der Waals surface area contributed by atoms with Gasteiger partial charge in [0.25, 0.3) is 0 Å². The van der Waals surface area contributed by atoms with Crippen molar-refractivity contribution >= 4 is 23.6 Å². The van der Waals surface area contributed by atoms with Crippen molar-refractivity contribution in [1.82, 2.24) is 4.90 Å². The van der Waals surface area contributed by atoms with Gasteiger partial charge in [-0.25, -0.2) is 0 Å². The molecule has 1 aliphatic rings. The Labute approximate surface area is 112 Å². The standard InChI is InChI=1S/C12H22N2O3S/c1-17-6-4-10-3-2-5-14(7-10)12(16)9-18-8-11(13)15/h10H,2-9H2,1H3,(H2,13,15)/t10-/m0/s1. The quantitative estimate of drug-likeness (QED) is 0.733. The number of nitrogens with zero attached hydrogens (tertiary/aromatic N) is 1. The zero-order chi connectivity index (χ0) is 13.4. The minimum Gasteiger partial charge on any atom is -0.385 e. The fourth-order valence-electron chi connectivity index (χ4n) is 2.14. The number of ether oxygens (including phenoxy) is 1. The van der Waals surface area contributed by atoms with E-state index in [1.165, 1.54) is 18.2 Å². The number of carbonyl (C=O) groups is 2. The molecule has 1 aliphatic heterocycles. The van der Waals surface area contributed by atoms with Crippen molar-refractivity contribution in [3.05, 3.63) is 0 Å². The molecule has 0 unspecified atom stereocenters. The first kappa shape index (κ1) is 15.3. The summed E-state index contributed by atoms with van der Waals surface area (Å²) in [6.45, 7) is 2.40. The first-order valence-electron chi connectivity index (χ1n) is 6.26. The molecule has 1 fully saturated rings. The van der Waals surface area contributed by atoms with Crippen LogP contribution in [0.1, 0.15) is 19.3 Å². The molecule has 0 saturated carbocycles. The Morgan fingerprint density at radius 2 is 2.22 bits per heavy atom. The summed E-state index contributed by atoms with van der Waals surface area (Å²) in [4.78, 5) is 24.4. The van der Waals surface area contributed by atoms with Crippen LogP contribution in [0, 0.1) is 5.92 Å². The van der Waals surface area contributed by atoms with Crippen LogP contribution in [0.2, 0.25) is 0 Å². The molecule has 2 amide bonds. The number of likely N-dealkylation sites (tertiary alicyclic amines) is 1. The van der Waals surface area contributed by atoms with E-state index in [4.69, 9.17) is 10.5 Å². The Morgan fingerprint density at radius 1 is 1.44 bits per heavy atom. The van der Waals surface area contributed by atoms with Crippen LogP contribution in [0.3, 0.4) is 0 Å². The summed E-state index contributed by atoms with van der Waals surface area (Å²) in [5.74, 6) is 0.851. The van der Waals surface area contributed by atoms with Crippen LogP contribution in [-0.2, 0) is 14.3 Å². The maximum atomic E-state index is 11.9. The number of hydrogen-bond donors (Lipinski definition) is 1. The Morgan fingerprint density at radius 3 is 2.89 bits per heavy atom. The summed E-state index contributed by atoms with van der Waals surface area (Å²) >= 11 is 1.29. The molecule has 6 heteroatoms. The molecule has 1 rings (SSSR count). The number of thioether (sulfide) groups is 1. The second-order valence-corrected chi connectivity index (χ2v) is 5.57. The third-order valence-corrected chi connectivity index (χ3v) is 4.01. The molecule has 104 valence electrons. The Kier molecular flexibility index (Phi) is 7.12. The number of methoxy groups -OCH3 is 1. The number of carbonyl (C=O) groups excluding carboxylic acids is 2. The highest BCUT2D eigenvalue weighted by molar-refractivity contribution is 8.00. The van der Waals surface area contributed by atoms with Crippen LogP contribution in [0.5, 0.6) is 0 Å². The summed E-state index contributed by atoms with van der Waals surface area (Å²) in [6, 6.07) is 0. The van der Waals surface area contributed by atoms with E-state index in [1.54, 1.807) is 7.11 Å². The molecule has 0 radical (unpaired) electrons. The van der Waals surface area contributed by atoms with Crippen LogP contribution < -0.4 is 5.73 Å². The highest BCUT2D eigenvalue weighted by Crippen LogP contribution is 2.20. The Bertz CT molecular complexity index is 286. The van der Waals surface area contributed by atoms with Crippen LogP contribution in [-0.4, -0.2) is 55.0 Å². The monoisotopic (exact) mass is 274 g/mol. The number of nitrogens with two attached hydrogens (primary N) is 1. The molecular formula is C12H22N2O3S. The minimum atomic E-state index is -0.371. The fourth-order valence-corrected chi connectivity index (χ4v) is 2.80. The van der Waals surface area contributed by atoms with Gasteiger partial charge >= 0.3 is 0 Å². The van der Waals surface area contributed by atoms with E-state index >= 15 is 0 Å². The van der Waals surface area contributed by atoms with E-state index in [-0.39, 0.29) is 17.6 Å². The van der Waals surface area contributed by atoms with Crippen molar-refractivity contribution in [1.29, 1.82) is 0 Å². The zero-order valence-electron chi connectivity index (χ0n) is 10.9. The van der Waals surface area contributed by atoms with E-state index in [1.807, 2.05) is 4.90 Å². The minimum absolute atomic E-state index is 0.114. The van der Waals surface area contributed by atoms with E-state index in [0.717, 1.165) is 32.5 Å². The number of primary amides is 1. The van der Waals surface area contributed by atoms with Gasteiger partial charge in [0.15, 0.2) is 0 Å². The second kappa shape index (κ2) is 8.37. The van der Waals surface area contributed by atoms with Gasteiger partial charge in [-0.15, -0.1) is 11.8 Å². The summed E-state index contributed by atoms with van der Waals surface area (Å²) in [6.07, 6.45) is 3.23. The van der Waals surface area contributed by atoms with Gasteiger partial charge in [0.1, 0.15) is 0 Å². The van der Waals surface area contributed by atoms with Gasteiger partial charge in [0.2, 0.25) is 11.8 Å². The maximum Gasteiger partial charge on any atom is 0.232 e. The lowest BCUT2D eigenvalue weighted by molar-refractivity contribution is -0.130. The van der Waals surface area contributed by atoms with Gasteiger partial charge in [0.05, 0.1) is 11.5 Å². The van der Waals surface area contributed by atoms with Gasteiger partial charge < -0.3 is 15.4 Å². The molecule has 1 saturated heterocycles. The van der Waals surface area contributed by atoms with Crippen molar-refractivity contribution in [2.24, 2.45) is 11.7 Å². The molecule has 0 aromatic carbocycles. The maximum absolute atomic E-state index is 11.9. The number of amides is 2. The van der Waals surface area contributed by atoms with E-state index in [0.29, 0.717) is 11.7 Å². The predicted octanol–water partition coefficient (Wildman–Crippen LogP) is 0.480. The second-order valence-electron chi connectivity index (χ2n) is 4.59. The third kappa shape index (κ3) is 5.73. The lowest BCUT2D eigenvalue weighted by Gasteiger charge is -2.32. The van der Waals surface area contributed by atoms with Gasteiger partial charge in [-0.05, 0) is 25.2 Å². The molecule has 1 atom stereocenters. The largest absolute Gasteiger partial charge is 0.385 e. The average molecular weight is 274 g/mol. The van der Waals surface area contributed by atoms with E-state index in [2.05, 4.69) is 0 Å². The number of hydrogen-bond acceptors (Lipinski definition) is 4. The normalized spacial score (nSPS) is 19.8. The Hall–Kier alpha value is -0.750. The van der Waals surface area contributed by atoms with Crippen molar-refractivity contribution in [2.45, 2.75) is 19.3 Å². The van der Waals surface area contributed by atoms with Gasteiger partial charge in [-0.3, -0.25) is 9.59 Å². The predicted molar refractivity (Wildman–Crippen MR) is 72.3 cm³/mol. The number of rotatable bonds is 7. The molecule has 5 nitrogen and oxygen atoms in total. The van der Waals surface area contributed by atoms with Gasteiger partial charge in [-0.1, -0.05) is 0 Å². The van der Waals surface area contributed by atoms with Crippen LogP contribution in [0.15, 0.2) is 0 Å². The van der Waals surface area contributed by atoms with E-state index in [9.17, 15) is 9.59 Å². The van der Waals surface area contributed by atoms with Crippen molar-refractivity contribution < 1.29 is 14.3 Å². The number of piperidine rings is 1. The smallest absolute Gasteiger partial charge is 0.232 e. The van der Waals surface area contributed by atoms with E-state index < -0.39 is 0 Å². The fraction of sp³-hybridized carbons (Fsp3) is 0.833. The van der Waals surface area contributed by atoms with Crippen LogP contribution in [0.25, 0.3) is 0 Å². The highest BCUT2D eigenvalue weighted by atomic mass is 32.2. The van der Waals surface area contributed by atoms with Crippen LogP contribution >= 0.6 is 11.8 Å².